The van der Waals surface area contributed by atoms with Crippen molar-refractivity contribution in [2.24, 2.45) is 0 Å². The molecule has 0 unspecified atom stereocenters. The van der Waals surface area contributed by atoms with E-state index in [1.807, 2.05) is 0 Å². The van der Waals surface area contributed by atoms with Gasteiger partial charge in [-0.1, -0.05) is 6.92 Å². The summed E-state index contributed by atoms with van der Waals surface area (Å²) in [5.41, 5.74) is 0. The van der Waals surface area contributed by atoms with Gasteiger partial charge in [0, 0.05) is 13.1 Å². The van der Waals surface area contributed by atoms with E-state index in [1.165, 1.54) is 5.06 Å². The van der Waals surface area contributed by atoms with E-state index in [0.29, 0.717) is 32.7 Å². The van der Waals surface area contributed by atoms with Gasteiger partial charge in [-0.05, 0) is 6.42 Å². The van der Waals surface area contributed by atoms with Crippen molar-refractivity contribution in [3.05, 3.63) is 0 Å². The van der Waals surface area contributed by atoms with Crippen LogP contribution >= 0.6 is 0 Å². The van der Waals surface area contributed by atoms with Gasteiger partial charge in [0.2, 0.25) is 0 Å². The van der Waals surface area contributed by atoms with Gasteiger partial charge < -0.3 is 6.16 Å². The molecule has 80 valence electrons. The van der Waals surface area contributed by atoms with E-state index in [-0.39, 0.29) is 36.7 Å². The van der Waals surface area contributed by atoms with Gasteiger partial charge in [-0.2, -0.15) is 17.8 Å². The third-order valence-electron chi connectivity index (χ3n) is 1.64. The van der Waals surface area contributed by atoms with E-state index in [2.05, 4.69) is 0 Å². The van der Waals surface area contributed by atoms with E-state index in [1.54, 1.807) is 6.92 Å². The van der Waals surface area contributed by atoms with Crippen LogP contribution in [0.25, 0.3) is 0 Å². The molecule has 0 saturated carbocycles. The van der Waals surface area contributed by atoms with Crippen LogP contribution in [0.2, 0.25) is 0 Å². The normalized spacial score (nSPS) is 18.9. The largest absolute Gasteiger partial charge is 1.00 e. The standard InChI is InChI=1S/C7H15NO4S.Na.H/c1-2-7-13(9,10)12-8-3-5-11-6-4-8;;/h2-7H2,1H3;;/q;+1;-1. The van der Waals surface area contributed by atoms with Crippen molar-refractivity contribution in [3.8, 4) is 0 Å². The Morgan fingerprint density at radius 1 is 1.43 bits per heavy atom. The fourth-order valence-electron chi connectivity index (χ4n) is 1.07. The van der Waals surface area contributed by atoms with Crippen molar-refractivity contribution in [3.63, 3.8) is 0 Å². The van der Waals surface area contributed by atoms with E-state index >= 15 is 0 Å². The first-order valence-electron chi connectivity index (χ1n) is 4.39. The number of rotatable bonds is 4. The maximum atomic E-state index is 11.2. The predicted octanol–water partition coefficient (Wildman–Crippen LogP) is -2.89. The van der Waals surface area contributed by atoms with Crippen LogP contribution in [0.5, 0.6) is 0 Å². The summed E-state index contributed by atoms with van der Waals surface area (Å²) in [7, 11) is -3.36. The van der Waals surface area contributed by atoms with Crippen LogP contribution in [0.1, 0.15) is 14.8 Å². The molecule has 0 aliphatic carbocycles. The van der Waals surface area contributed by atoms with Gasteiger partial charge in [0.25, 0.3) is 10.1 Å². The maximum absolute atomic E-state index is 11.2. The molecule has 0 atom stereocenters. The smallest absolute Gasteiger partial charge is 1.00 e. The zero-order chi connectivity index (χ0) is 9.73. The van der Waals surface area contributed by atoms with Gasteiger partial charge in [-0.3, -0.25) is 0 Å². The molecule has 0 radical (unpaired) electrons. The van der Waals surface area contributed by atoms with Gasteiger partial charge in [-0.25, -0.2) is 0 Å². The molecule has 14 heavy (non-hydrogen) atoms. The minimum atomic E-state index is -3.36. The average Bonchev–Trinajstić information content (AvgIpc) is 2.04. The third-order valence-corrected chi connectivity index (χ3v) is 2.99. The summed E-state index contributed by atoms with van der Waals surface area (Å²) in [5.74, 6) is 0.0738. The van der Waals surface area contributed by atoms with E-state index < -0.39 is 10.1 Å². The van der Waals surface area contributed by atoms with E-state index in [9.17, 15) is 8.42 Å². The van der Waals surface area contributed by atoms with Crippen LogP contribution in [0.4, 0.5) is 0 Å². The minimum Gasteiger partial charge on any atom is -1.00 e. The molecule has 1 rings (SSSR count). The first-order valence-corrected chi connectivity index (χ1v) is 5.97. The van der Waals surface area contributed by atoms with Crippen LogP contribution < -0.4 is 29.6 Å². The van der Waals surface area contributed by atoms with Crippen molar-refractivity contribution in [1.82, 2.24) is 5.06 Å². The van der Waals surface area contributed by atoms with Crippen molar-refractivity contribution >= 4 is 10.1 Å². The fourth-order valence-corrected chi connectivity index (χ4v) is 2.11. The molecule has 1 fully saturated rings. The van der Waals surface area contributed by atoms with Gasteiger partial charge in [-0.15, -0.1) is 0 Å². The second-order valence-corrected chi connectivity index (χ2v) is 4.55. The predicted molar refractivity (Wildman–Crippen MR) is 48.7 cm³/mol. The fraction of sp³-hybridized carbons (Fsp3) is 1.00. The maximum Gasteiger partial charge on any atom is 1.00 e. The van der Waals surface area contributed by atoms with Crippen LogP contribution in [0.15, 0.2) is 0 Å². The zero-order valence-electron chi connectivity index (χ0n) is 9.73. The minimum absolute atomic E-state index is 0. The Labute approximate surface area is 109 Å². The summed E-state index contributed by atoms with van der Waals surface area (Å²) >= 11 is 0. The molecule has 0 aromatic rings. The van der Waals surface area contributed by atoms with Gasteiger partial charge >= 0.3 is 29.6 Å². The quantitative estimate of drug-likeness (QED) is 0.488. The van der Waals surface area contributed by atoms with E-state index in [0.717, 1.165) is 0 Å². The summed E-state index contributed by atoms with van der Waals surface area (Å²) in [6.07, 6.45) is 0.576. The van der Waals surface area contributed by atoms with Crippen molar-refractivity contribution in [1.29, 1.82) is 0 Å². The van der Waals surface area contributed by atoms with Crippen LogP contribution in [-0.4, -0.2) is 45.5 Å². The van der Waals surface area contributed by atoms with Crippen molar-refractivity contribution in [2.75, 3.05) is 32.1 Å². The summed E-state index contributed by atoms with van der Waals surface area (Å²) in [4.78, 5) is 0. The Morgan fingerprint density at radius 3 is 2.50 bits per heavy atom. The second kappa shape index (κ2) is 7.16. The summed E-state index contributed by atoms with van der Waals surface area (Å²) in [6.45, 7) is 3.90. The first kappa shape index (κ1) is 14.8. The first-order chi connectivity index (χ1) is 6.14. The zero-order valence-corrected chi connectivity index (χ0v) is 11.5. The Kier molecular flexibility index (Phi) is 7.59. The van der Waals surface area contributed by atoms with Crippen molar-refractivity contribution in [2.45, 2.75) is 13.3 Å². The molecule has 1 aliphatic heterocycles. The summed E-state index contributed by atoms with van der Waals surface area (Å²) in [6, 6.07) is 0. The van der Waals surface area contributed by atoms with Crippen LogP contribution in [0, 0.1) is 0 Å². The average molecular weight is 233 g/mol. The monoisotopic (exact) mass is 233 g/mol. The molecule has 0 aromatic carbocycles. The number of ether oxygens (including phenoxy) is 1. The number of hydroxylamine groups is 2. The molecule has 5 nitrogen and oxygen atoms in total. The Hall–Kier alpha value is 0.830. The Bertz CT molecular complexity index is 243. The van der Waals surface area contributed by atoms with E-state index in [4.69, 9.17) is 9.02 Å². The molecular formula is C7H16NNaO4S. The Morgan fingerprint density at radius 2 is 2.00 bits per heavy atom. The number of morpholine rings is 1. The molecule has 0 aromatic heterocycles. The number of nitrogens with zero attached hydrogens (tertiary/aromatic N) is 1. The third kappa shape index (κ3) is 5.65. The molecule has 0 amide bonds. The van der Waals surface area contributed by atoms with Crippen LogP contribution in [0.3, 0.4) is 0 Å². The van der Waals surface area contributed by atoms with Crippen LogP contribution in [-0.2, 0) is 19.1 Å². The summed E-state index contributed by atoms with van der Waals surface area (Å²) < 4.78 is 32.3. The molecule has 0 N–H and O–H groups in total. The molecule has 1 saturated heterocycles. The SMILES string of the molecule is CCCS(=O)(=O)ON1CCOCC1.[H-].[Na+]. The van der Waals surface area contributed by atoms with Gasteiger partial charge in [0.05, 0.1) is 19.0 Å². The number of hydrogen-bond acceptors (Lipinski definition) is 5. The van der Waals surface area contributed by atoms with Crippen molar-refractivity contribution < 1.29 is 48.4 Å². The molecular weight excluding hydrogens is 217 g/mol. The Balaban J connectivity index is 0. The molecule has 7 heteroatoms. The molecule has 1 aliphatic rings. The number of hydrogen-bond donors (Lipinski definition) is 0. The molecule has 0 spiro atoms. The van der Waals surface area contributed by atoms with Gasteiger partial charge in [0.1, 0.15) is 0 Å². The molecule has 1 heterocycles. The second-order valence-electron chi connectivity index (χ2n) is 2.88. The van der Waals surface area contributed by atoms with Gasteiger partial charge in [0.15, 0.2) is 0 Å². The topological polar surface area (TPSA) is 55.8 Å². The summed E-state index contributed by atoms with van der Waals surface area (Å²) in [5, 5.41) is 1.44. The molecule has 0 bridgehead atoms.